The molecule has 0 nitrogen and oxygen atoms in total. The van der Waals surface area contributed by atoms with Gasteiger partial charge in [-0.2, -0.15) is 0 Å². The minimum absolute atomic E-state index is 0.649. The van der Waals surface area contributed by atoms with Gasteiger partial charge in [-0.15, -0.1) is 0 Å². The third-order valence-corrected chi connectivity index (χ3v) is 3.63. The average molecular weight is 212 g/mol. The van der Waals surface area contributed by atoms with Crippen LogP contribution < -0.4 is 0 Å². The highest BCUT2D eigenvalue weighted by Gasteiger charge is 2.25. The van der Waals surface area contributed by atoms with Crippen molar-refractivity contribution < 1.29 is 0 Å². The fraction of sp³-hybridized carbons (Fsp3) is 0.375. The smallest absolute Gasteiger partial charge is 0.00549 e. The van der Waals surface area contributed by atoms with Gasteiger partial charge in [-0.3, -0.25) is 0 Å². The summed E-state index contributed by atoms with van der Waals surface area (Å²) in [5, 5.41) is 0. The molecule has 1 atom stereocenters. The molecule has 0 heteroatoms. The van der Waals surface area contributed by atoms with E-state index in [1.165, 1.54) is 17.5 Å². The van der Waals surface area contributed by atoms with E-state index in [1.54, 1.807) is 11.1 Å². The van der Waals surface area contributed by atoms with E-state index in [-0.39, 0.29) is 0 Å². The summed E-state index contributed by atoms with van der Waals surface area (Å²) in [4.78, 5) is 0. The first-order valence-corrected chi connectivity index (χ1v) is 6.19. The summed E-state index contributed by atoms with van der Waals surface area (Å²) in [6.07, 6.45) is 6.69. The molecule has 1 aliphatic carbocycles. The van der Waals surface area contributed by atoms with Gasteiger partial charge in [-0.1, -0.05) is 48.9 Å². The van der Waals surface area contributed by atoms with Crippen LogP contribution >= 0.6 is 0 Å². The molecule has 1 aliphatic rings. The van der Waals surface area contributed by atoms with Gasteiger partial charge in [0.05, 0.1) is 0 Å². The average Bonchev–Trinajstić information content (AvgIpc) is 2.58. The van der Waals surface area contributed by atoms with E-state index in [2.05, 4.69) is 57.2 Å². The Hall–Kier alpha value is -1.30. The molecular formula is C16H20. The molecule has 2 rings (SSSR count). The Morgan fingerprint density at radius 2 is 2.00 bits per heavy atom. The van der Waals surface area contributed by atoms with E-state index in [1.807, 2.05) is 0 Å². The van der Waals surface area contributed by atoms with Crippen LogP contribution in [-0.4, -0.2) is 0 Å². The van der Waals surface area contributed by atoms with Crippen LogP contribution in [0.4, 0.5) is 0 Å². The van der Waals surface area contributed by atoms with Crippen LogP contribution in [0.25, 0.3) is 5.57 Å². The van der Waals surface area contributed by atoms with Gasteiger partial charge in [0.25, 0.3) is 0 Å². The van der Waals surface area contributed by atoms with E-state index >= 15 is 0 Å². The Morgan fingerprint density at radius 1 is 1.25 bits per heavy atom. The summed E-state index contributed by atoms with van der Waals surface area (Å²) in [5.41, 5.74) is 6.12. The van der Waals surface area contributed by atoms with E-state index in [4.69, 9.17) is 0 Å². The number of fused-ring (bicyclic) bond motifs is 1. The zero-order valence-electron chi connectivity index (χ0n) is 10.5. The Morgan fingerprint density at radius 3 is 2.69 bits per heavy atom. The molecule has 0 aromatic heterocycles. The van der Waals surface area contributed by atoms with Crippen LogP contribution in [0.2, 0.25) is 0 Å². The molecule has 0 amide bonds. The maximum atomic E-state index is 2.30. The first-order valence-electron chi connectivity index (χ1n) is 6.19. The summed E-state index contributed by atoms with van der Waals surface area (Å²) in [6, 6.07) is 8.87. The summed E-state index contributed by atoms with van der Waals surface area (Å²) in [6.45, 7) is 6.67. The fourth-order valence-electron chi connectivity index (χ4n) is 2.76. The minimum Gasteiger partial charge on any atom is -0.0913 e. The number of hydrogen-bond donors (Lipinski definition) is 0. The molecule has 0 bridgehead atoms. The van der Waals surface area contributed by atoms with Gasteiger partial charge in [-0.05, 0) is 43.4 Å². The molecule has 0 saturated carbocycles. The van der Waals surface area contributed by atoms with Crippen molar-refractivity contribution in [3.8, 4) is 0 Å². The SMILES string of the molecule is C/C=C\CC1=C(C)C(CC)c2ccccc21. The fourth-order valence-corrected chi connectivity index (χ4v) is 2.76. The normalized spacial score (nSPS) is 19.6. The van der Waals surface area contributed by atoms with E-state index in [9.17, 15) is 0 Å². The molecule has 1 aromatic rings. The van der Waals surface area contributed by atoms with Crippen molar-refractivity contribution in [1.29, 1.82) is 0 Å². The topological polar surface area (TPSA) is 0 Å². The summed E-state index contributed by atoms with van der Waals surface area (Å²) >= 11 is 0. The predicted molar refractivity (Wildman–Crippen MR) is 71.5 cm³/mol. The second-order valence-electron chi connectivity index (χ2n) is 4.48. The summed E-state index contributed by atoms with van der Waals surface area (Å²) < 4.78 is 0. The lowest BCUT2D eigenvalue weighted by atomic mass is 9.94. The lowest BCUT2D eigenvalue weighted by Crippen LogP contribution is -1.93. The first kappa shape index (κ1) is 11.2. The molecule has 0 spiro atoms. The first-order chi connectivity index (χ1) is 7.79. The lowest BCUT2D eigenvalue weighted by Gasteiger charge is -2.10. The van der Waals surface area contributed by atoms with Crippen LogP contribution in [0.15, 0.2) is 42.0 Å². The number of benzene rings is 1. The van der Waals surface area contributed by atoms with Gasteiger partial charge in [0, 0.05) is 5.92 Å². The van der Waals surface area contributed by atoms with Crippen molar-refractivity contribution in [2.75, 3.05) is 0 Å². The molecule has 0 radical (unpaired) electrons. The van der Waals surface area contributed by atoms with Crippen molar-refractivity contribution in [2.24, 2.45) is 0 Å². The monoisotopic (exact) mass is 212 g/mol. The Kier molecular flexibility index (Phi) is 3.28. The van der Waals surface area contributed by atoms with Gasteiger partial charge in [0.15, 0.2) is 0 Å². The van der Waals surface area contributed by atoms with Crippen LogP contribution in [-0.2, 0) is 0 Å². The van der Waals surface area contributed by atoms with Gasteiger partial charge < -0.3 is 0 Å². The molecule has 84 valence electrons. The second-order valence-corrected chi connectivity index (χ2v) is 4.48. The van der Waals surface area contributed by atoms with Crippen molar-refractivity contribution in [3.63, 3.8) is 0 Å². The standard InChI is InChI=1S/C16H20/c1-4-6-9-14-12(3)13(5-2)15-10-7-8-11-16(14)15/h4,6-8,10-11,13H,5,9H2,1-3H3/b6-4-. The summed E-state index contributed by atoms with van der Waals surface area (Å²) in [5.74, 6) is 0.649. The molecule has 0 heterocycles. The maximum absolute atomic E-state index is 2.30. The molecule has 0 fully saturated rings. The Balaban J connectivity index is 2.45. The van der Waals surface area contributed by atoms with Gasteiger partial charge in [-0.25, -0.2) is 0 Å². The van der Waals surface area contributed by atoms with Crippen LogP contribution in [0.1, 0.15) is 50.7 Å². The van der Waals surface area contributed by atoms with Crippen molar-refractivity contribution in [3.05, 3.63) is 53.1 Å². The van der Waals surface area contributed by atoms with Crippen LogP contribution in [0.3, 0.4) is 0 Å². The van der Waals surface area contributed by atoms with Gasteiger partial charge >= 0.3 is 0 Å². The highest BCUT2D eigenvalue weighted by molar-refractivity contribution is 5.78. The molecule has 1 aromatic carbocycles. The zero-order chi connectivity index (χ0) is 11.5. The van der Waals surface area contributed by atoms with Crippen LogP contribution in [0.5, 0.6) is 0 Å². The molecule has 0 N–H and O–H groups in total. The number of hydrogen-bond acceptors (Lipinski definition) is 0. The largest absolute Gasteiger partial charge is 0.0913 e. The maximum Gasteiger partial charge on any atom is 0.00549 e. The van der Waals surface area contributed by atoms with Crippen molar-refractivity contribution >= 4 is 5.57 Å². The Labute approximate surface area is 98.7 Å². The van der Waals surface area contributed by atoms with E-state index in [0.29, 0.717) is 5.92 Å². The van der Waals surface area contributed by atoms with Crippen LogP contribution in [0, 0.1) is 0 Å². The lowest BCUT2D eigenvalue weighted by molar-refractivity contribution is 0.775. The second kappa shape index (κ2) is 4.69. The highest BCUT2D eigenvalue weighted by Crippen LogP contribution is 2.44. The Bertz CT molecular complexity index is 435. The molecule has 1 unspecified atom stereocenters. The highest BCUT2D eigenvalue weighted by atomic mass is 14.3. The van der Waals surface area contributed by atoms with E-state index in [0.717, 1.165) is 6.42 Å². The van der Waals surface area contributed by atoms with E-state index < -0.39 is 0 Å². The number of allylic oxidation sites excluding steroid dienone is 4. The summed E-state index contributed by atoms with van der Waals surface area (Å²) in [7, 11) is 0. The molecule has 16 heavy (non-hydrogen) atoms. The van der Waals surface area contributed by atoms with Crippen molar-refractivity contribution in [2.45, 2.75) is 39.5 Å². The zero-order valence-corrected chi connectivity index (χ0v) is 10.5. The predicted octanol–water partition coefficient (Wildman–Crippen LogP) is 4.93. The molecular weight excluding hydrogens is 192 g/mol. The van der Waals surface area contributed by atoms with Gasteiger partial charge in [0.1, 0.15) is 0 Å². The minimum atomic E-state index is 0.649. The number of rotatable bonds is 3. The van der Waals surface area contributed by atoms with Gasteiger partial charge in [0.2, 0.25) is 0 Å². The quantitative estimate of drug-likeness (QED) is 0.623. The molecule has 0 saturated heterocycles. The third kappa shape index (κ3) is 1.73. The van der Waals surface area contributed by atoms with Crippen molar-refractivity contribution in [1.82, 2.24) is 0 Å². The molecule has 0 aliphatic heterocycles. The third-order valence-electron chi connectivity index (χ3n) is 3.63.